The molecule has 4 nitrogen and oxygen atoms in total. The number of nitrogens with zero attached hydrogens (tertiary/aromatic N) is 1. The smallest absolute Gasteiger partial charge is 0.307 e. The number of halogens is 2. The molecule has 6 heteroatoms. The van der Waals surface area contributed by atoms with Crippen molar-refractivity contribution in [2.24, 2.45) is 5.92 Å². The van der Waals surface area contributed by atoms with Crippen LogP contribution in [0.3, 0.4) is 0 Å². The quantitative estimate of drug-likeness (QED) is 0.815. The van der Waals surface area contributed by atoms with E-state index < -0.39 is 5.97 Å². The largest absolute Gasteiger partial charge is 0.481 e. The average Bonchev–Trinajstić information content (AvgIpc) is 2.48. The Kier molecular flexibility index (Phi) is 7.48. The number of likely N-dealkylation sites (tertiary alicyclic amines) is 1. The first-order chi connectivity index (χ1) is 10.1. The molecule has 0 amide bonds. The van der Waals surface area contributed by atoms with Gasteiger partial charge >= 0.3 is 5.97 Å². The molecule has 122 valence electrons. The van der Waals surface area contributed by atoms with E-state index in [1.54, 1.807) is 0 Å². The second-order valence-corrected chi connectivity index (χ2v) is 5.51. The highest BCUT2D eigenvalue weighted by molar-refractivity contribution is 5.95. The maximum absolute atomic E-state index is 12.8. The van der Waals surface area contributed by atoms with E-state index in [2.05, 4.69) is 4.90 Å². The zero-order chi connectivity index (χ0) is 15.2. The molecule has 1 unspecified atom stereocenters. The van der Waals surface area contributed by atoms with Crippen LogP contribution in [0.1, 0.15) is 36.0 Å². The molecule has 0 bridgehead atoms. The number of aliphatic carboxylic acids is 1. The van der Waals surface area contributed by atoms with Gasteiger partial charge in [0.05, 0.1) is 5.92 Å². The van der Waals surface area contributed by atoms with Gasteiger partial charge in [-0.2, -0.15) is 0 Å². The fourth-order valence-corrected chi connectivity index (χ4v) is 2.70. The molecule has 22 heavy (non-hydrogen) atoms. The van der Waals surface area contributed by atoms with Crippen LogP contribution in [0.25, 0.3) is 0 Å². The fourth-order valence-electron chi connectivity index (χ4n) is 2.70. The van der Waals surface area contributed by atoms with Crippen LogP contribution in [0, 0.1) is 11.7 Å². The van der Waals surface area contributed by atoms with E-state index in [4.69, 9.17) is 5.11 Å². The number of Topliss-reactive ketones (excluding diaryl/α,β-unsaturated/α-hetero) is 1. The first-order valence-corrected chi connectivity index (χ1v) is 7.30. The lowest BCUT2D eigenvalue weighted by molar-refractivity contribution is -0.143. The van der Waals surface area contributed by atoms with Crippen LogP contribution in [0.15, 0.2) is 24.3 Å². The Morgan fingerprint density at radius 1 is 1.27 bits per heavy atom. The normalized spacial score (nSPS) is 18.5. The number of hydrogen-bond acceptors (Lipinski definition) is 3. The Balaban J connectivity index is 0.00000242. The third-order valence-electron chi connectivity index (χ3n) is 3.90. The number of rotatable bonds is 6. The lowest BCUT2D eigenvalue weighted by Gasteiger charge is -2.30. The molecule has 1 N–H and O–H groups in total. The summed E-state index contributed by atoms with van der Waals surface area (Å²) in [4.78, 5) is 25.0. The number of carbonyl (C=O) groups is 2. The molecule has 0 radical (unpaired) electrons. The topological polar surface area (TPSA) is 57.6 Å². The first-order valence-electron chi connectivity index (χ1n) is 7.30. The van der Waals surface area contributed by atoms with E-state index in [0.29, 0.717) is 24.9 Å². The Morgan fingerprint density at radius 3 is 2.59 bits per heavy atom. The van der Waals surface area contributed by atoms with Crippen LogP contribution in [0.4, 0.5) is 4.39 Å². The van der Waals surface area contributed by atoms with Gasteiger partial charge in [-0.3, -0.25) is 9.59 Å². The van der Waals surface area contributed by atoms with Gasteiger partial charge in [0.1, 0.15) is 5.82 Å². The average molecular weight is 330 g/mol. The molecule has 0 aromatic heterocycles. The predicted octanol–water partition coefficient (Wildman–Crippen LogP) is 3.01. The minimum absolute atomic E-state index is 0. The minimum atomic E-state index is -0.734. The van der Waals surface area contributed by atoms with Crippen molar-refractivity contribution in [3.63, 3.8) is 0 Å². The highest BCUT2D eigenvalue weighted by Gasteiger charge is 2.24. The van der Waals surface area contributed by atoms with Crippen LogP contribution in [-0.2, 0) is 4.79 Å². The van der Waals surface area contributed by atoms with Crippen molar-refractivity contribution in [3.05, 3.63) is 35.6 Å². The maximum atomic E-state index is 12.8. The zero-order valence-corrected chi connectivity index (χ0v) is 13.2. The number of piperidine rings is 1. The standard InChI is InChI=1S/C16H20FNO3.ClH/c17-14-7-5-12(6-8-14)15(19)4-2-10-18-9-1-3-13(11-18)16(20)21;/h5-8,13H,1-4,9-11H2,(H,20,21);1H. The summed E-state index contributed by atoms with van der Waals surface area (Å²) in [5.41, 5.74) is 0.526. The second-order valence-electron chi connectivity index (χ2n) is 5.51. The number of carboxylic acids is 1. The lowest BCUT2D eigenvalue weighted by atomic mass is 9.98. The van der Waals surface area contributed by atoms with Crippen molar-refractivity contribution < 1.29 is 19.1 Å². The molecule has 0 spiro atoms. The molecule has 0 aliphatic carbocycles. The maximum Gasteiger partial charge on any atom is 0.307 e. The van der Waals surface area contributed by atoms with E-state index >= 15 is 0 Å². The Bertz CT molecular complexity index is 507. The highest BCUT2D eigenvalue weighted by Crippen LogP contribution is 2.17. The van der Waals surface area contributed by atoms with Gasteiger partial charge in [-0.15, -0.1) is 12.4 Å². The zero-order valence-electron chi connectivity index (χ0n) is 12.3. The van der Waals surface area contributed by atoms with Crippen molar-refractivity contribution in [3.8, 4) is 0 Å². The lowest BCUT2D eigenvalue weighted by Crippen LogP contribution is -2.39. The third-order valence-corrected chi connectivity index (χ3v) is 3.90. The number of carbonyl (C=O) groups excluding carboxylic acids is 1. The van der Waals surface area contributed by atoms with Gasteiger partial charge in [0.25, 0.3) is 0 Å². The van der Waals surface area contributed by atoms with Crippen LogP contribution >= 0.6 is 12.4 Å². The summed E-state index contributed by atoms with van der Waals surface area (Å²) >= 11 is 0. The summed E-state index contributed by atoms with van der Waals surface area (Å²) in [6.07, 6.45) is 2.73. The molecule has 2 rings (SSSR count). The Morgan fingerprint density at radius 2 is 1.95 bits per heavy atom. The molecular weight excluding hydrogens is 309 g/mol. The second kappa shape index (κ2) is 8.86. The summed E-state index contributed by atoms with van der Waals surface area (Å²) in [5, 5.41) is 9.03. The van der Waals surface area contributed by atoms with E-state index in [0.717, 1.165) is 25.9 Å². The van der Waals surface area contributed by atoms with Crippen LogP contribution in [-0.4, -0.2) is 41.4 Å². The number of benzene rings is 1. The summed E-state index contributed by atoms with van der Waals surface area (Å²) in [7, 11) is 0. The molecule has 1 fully saturated rings. The van der Waals surface area contributed by atoms with Crippen molar-refractivity contribution in [1.82, 2.24) is 4.90 Å². The van der Waals surface area contributed by atoms with Crippen LogP contribution < -0.4 is 0 Å². The monoisotopic (exact) mass is 329 g/mol. The van der Waals surface area contributed by atoms with Gasteiger partial charge in [-0.05, 0) is 56.6 Å². The summed E-state index contributed by atoms with van der Waals surface area (Å²) in [6, 6.07) is 5.57. The van der Waals surface area contributed by atoms with Gasteiger partial charge in [-0.25, -0.2) is 4.39 Å². The van der Waals surface area contributed by atoms with E-state index in [1.807, 2.05) is 0 Å². The predicted molar refractivity (Wildman–Crippen MR) is 84.0 cm³/mol. The van der Waals surface area contributed by atoms with E-state index in [1.165, 1.54) is 24.3 Å². The number of carboxylic acid groups (broad SMARTS) is 1. The highest BCUT2D eigenvalue weighted by atomic mass is 35.5. The molecule has 1 saturated heterocycles. The summed E-state index contributed by atoms with van der Waals surface area (Å²) in [6.45, 7) is 2.20. The number of hydrogen-bond donors (Lipinski definition) is 1. The van der Waals surface area contributed by atoms with Gasteiger partial charge in [0.15, 0.2) is 5.78 Å². The van der Waals surface area contributed by atoms with Crippen LogP contribution in [0.2, 0.25) is 0 Å². The molecule has 1 heterocycles. The van der Waals surface area contributed by atoms with Gasteiger partial charge in [0, 0.05) is 18.5 Å². The Labute approximate surface area is 135 Å². The van der Waals surface area contributed by atoms with Crippen molar-refractivity contribution >= 4 is 24.2 Å². The number of ketones is 1. The first kappa shape index (κ1) is 18.6. The molecule has 1 aliphatic heterocycles. The summed E-state index contributed by atoms with van der Waals surface area (Å²) < 4.78 is 12.8. The molecular formula is C16H21ClFNO3. The molecule has 1 atom stereocenters. The van der Waals surface area contributed by atoms with E-state index in [9.17, 15) is 14.0 Å². The molecule has 0 saturated carbocycles. The van der Waals surface area contributed by atoms with Crippen molar-refractivity contribution in [2.75, 3.05) is 19.6 Å². The van der Waals surface area contributed by atoms with Gasteiger partial charge in [0.2, 0.25) is 0 Å². The summed E-state index contributed by atoms with van der Waals surface area (Å²) in [5.74, 6) is -1.37. The molecule has 1 aromatic rings. The minimum Gasteiger partial charge on any atom is -0.481 e. The molecule has 1 aromatic carbocycles. The SMILES string of the molecule is Cl.O=C(CCCN1CCCC(C(=O)O)C1)c1ccc(F)cc1. The third kappa shape index (κ3) is 5.39. The fraction of sp³-hybridized carbons (Fsp3) is 0.500. The van der Waals surface area contributed by atoms with Crippen LogP contribution in [0.5, 0.6) is 0 Å². The van der Waals surface area contributed by atoms with Gasteiger partial charge < -0.3 is 10.0 Å². The van der Waals surface area contributed by atoms with Gasteiger partial charge in [-0.1, -0.05) is 0 Å². The Hall–Kier alpha value is -1.46. The molecule has 1 aliphatic rings. The van der Waals surface area contributed by atoms with Crippen molar-refractivity contribution in [1.29, 1.82) is 0 Å². The van der Waals surface area contributed by atoms with Crippen molar-refractivity contribution in [2.45, 2.75) is 25.7 Å². The van der Waals surface area contributed by atoms with E-state index in [-0.39, 0.29) is 29.9 Å².